The summed E-state index contributed by atoms with van der Waals surface area (Å²) in [4.78, 5) is 30.1. The third-order valence-corrected chi connectivity index (χ3v) is 1.81. The largest absolute Gasteiger partial charge is 0.478 e. The highest BCUT2D eigenvalue weighted by Crippen LogP contribution is 1.88. The van der Waals surface area contributed by atoms with E-state index in [2.05, 4.69) is 29.2 Å². The number of hydrogen-bond donors (Lipinski definition) is 1. The van der Waals surface area contributed by atoms with E-state index < -0.39 is 5.97 Å². The molecule has 0 unspecified atom stereocenters. The van der Waals surface area contributed by atoms with E-state index in [0.29, 0.717) is 12.2 Å². The fourth-order valence-electron chi connectivity index (χ4n) is 0.550. The molecular weight excluding hydrogens is 288 g/mol. The van der Waals surface area contributed by atoms with Gasteiger partial charge in [0.15, 0.2) is 0 Å². The predicted molar refractivity (Wildman–Crippen MR) is 85.3 cm³/mol. The van der Waals surface area contributed by atoms with Crippen LogP contribution in [0.2, 0.25) is 0 Å². The molecule has 0 saturated carbocycles. The standard InChI is InChI=1S/C7H12O2.C5H8O2.C4H6O2/c1-3-5-6-9-7(8)4-2;1-4(2)5(6)7-3;1-3(2)4(5)6/h4H,2-3,5-6H2,1H3;1H2,2-3H3;1H2,2H3,(H,5,6). The molecule has 1 N–H and O–H groups in total. The van der Waals surface area contributed by atoms with E-state index in [1.54, 1.807) is 6.92 Å². The Bertz CT molecular complexity index is 383. The molecule has 0 heterocycles. The van der Waals surface area contributed by atoms with Crippen LogP contribution in [0.25, 0.3) is 0 Å². The summed E-state index contributed by atoms with van der Waals surface area (Å²) in [6.07, 6.45) is 3.15. The molecular formula is C16H26O6. The summed E-state index contributed by atoms with van der Waals surface area (Å²) in [5.74, 6) is -1.61. The van der Waals surface area contributed by atoms with Gasteiger partial charge in [-0.3, -0.25) is 0 Å². The van der Waals surface area contributed by atoms with Crippen LogP contribution in [-0.4, -0.2) is 36.7 Å². The molecule has 0 aliphatic rings. The fraction of sp³-hybridized carbons (Fsp3) is 0.438. The van der Waals surface area contributed by atoms with Crippen LogP contribution >= 0.6 is 0 Å². The van der Waals surface area contributed by atoms with E-state index in [1.807, 2.05) is 6.92 Å². The second-order valence-corrected chi connectivity index (χ2v) is 4.08. The summed E-state index contributed by atoms with van der Waals surface area (Å²) < 4.78 is 8.95. The highest BCUT2D eigenvalue weighted by atomic mass is 16.5. The van der Waals surface area contributed by atoms with Crippen molar-refractivity contribution in [2.75, 3.05) is 13.7 Å². The highest BCUT2D eigenvalue weighted by Gasteiger charge is 1.95. The van der Waals surface area contributed by atoms with Crippen LogP contribution in [0.3, 0.4) is 0 Å². The molecule has 0 aliphatic carbocycles. The topological polar surface area (TPSA) is 89.9 Å². The zero-order valence-corrected chi connectivity index (χ0v) is 13.8. The number of carboxylic acid groups (broad SMARTS) is 1. The van der Waals surface area contributed by atoms with E-state index in [4.69, 9.17) is 5.11 Å². The molecule has 126 valence electrons. The van der Waals surface area contributed by atoms with E-state index in [-0.39, 0.29) is 17.5 Å². The SMILES string of the molecule is C=C(C)C(=O)O.C=C(C)C(=O)OC.C=CC(=O)OCCCC. The number of ether oxygens (including phenoxy) is 2. The van der Waals surface area contributed by atoms with Crippen molar-refractivity contribution in [1.82, 2.24) is 0 Å². The summed E-state index contributed by atoms with van der Waals surface area (Å²) >= 11 is 0. The lowest BCUT2D eigenvalue weighted by molar-refractivity contribution is -0.138. The maximum atomic E-state index is 10.3. The molecule has 0 aliphatic heterocycles. The van der Waals surface area contributed by atoms with Crippen LogP contribution in [-0.2, 0) is 23.9 Å². The number of carbonyl (C=O) groups excluding carboxylic acids is 2. The Labute approximate surface area is 132 Å². The van der Waals surface area contributed by atoms with E-state index >= 15 is 0 Å². The van der Waals surface area contributed by atoms with Crippen molar-refractivity contribution >= 4 is 17.9 Å². The number of esters is 2. The molecule has 0 rings (SSSR count). The monoisotopic (exact) mass is 314 g/mol. The predicted octanol–water partition coefficient (Wildman–Crippen LogP) is 2.90. The number of methoxy groups -OCH3 is 1. The molecule has 0 aromatic rings. The number of hydrogen-bond acceptors (Lipinski definition) is 5. The minimum atomic E-state index is -0.935. The molecule has 6 nitrogen and oxygen atoms in total. The van der Waals surface area contributed by atoms with Gasteiger partial charge >= 0.3 is 17.9 Å². The highest BCUT2D eigenvalue weighted by molar-refractivity contribution is 5.86. The molecule has 0 radical (unpaired) electrons. The van der Waals surface area contributed by atoms with Gasteiger partial charge in [0.25, 0.3) is 0 Å². The first kappa shape index (κ1) is 24.6. The molecule has 0 saturated heterocycles. The van der Waals surface area contributed by atoms with Crippen LogP contribution in [0.15, 0.2) is 37.0 Å². The zero-order valence-electron chi connectivity index (χ0n) is 13.8. The van der Waals surface area contributed by atoms with Gasteiger partial charge in [0.05, 0.1) is 13.7 Å². The van der Waals surface area contributed by atoms with Crippen LogP contribution in [0, 0.1) is 0 Å². The zero-order chi connectivity index (χ0) is 18.1. The van der Waals surface area contributed by atoms with Gasteiger partial charge in [-0.2, -0.15) is 0 Å². The van der Waals surface area contributed by atoms with Crippen LogP contribution in [0.5, 0.6) is 0 Å². The minimum Gasteiger partial charge on any atom is -0.478 e. The Hall–Kier alpha value is -2.37. The third-order valence-electron chi connectivity index (χ3n) is 1.81. The normalized spacial score (nSPS) is 8.00. The summed E-state index contributed by atoms with van der Waals surface area (Å²) in [5, 5.41) is 7.89. The van der Waals surface area contributed by atoms with E-state index in [0.717, 1.165) is 12.8 Å². The van der Waals surface area contributed by atoms with Crippen LogP contribution < -0.4 is 0 Å². The van der Waals surface area contributed by atoms with Gasteiger partial charge in [0, 0.05) is 17.2 Å². The van der Waals surface area contributed by atoms with Crippen molar-refractivity contribution in [3.63, 3.8) is 0 Å². The van der Waals surface area contributed by atoms with Gasteiger partial charge in [0.2, 0.25) is 0 Å². The van der Waals surface area contributed by atoms with Crippen molar-refractivity contribution in [3.05, 3.63) is 37.0 Å². The van der Waals surface area contributed by atoms with Crippen molar-refractivity contribution in [2.24, 2.45) is 0 Å². The molecule has 0 atom stereocenters. The first-order chi connectivity index (χ1) is 10.1. The minimum absolute atomic E-state index is 0.176. The average molecular weight is 314 g/mol. The van der Waals surface area contributed by atoms with Gasteiger partial charge < -0.3 is 14.6 Å². The Balaban J connectivity index is -0.000000252. The van der Waals surface area contributed by atoms with E-state index in [1.165, 1.54) is 20.1 Å². The molecule has 0 spiro atoms. The molecule has 0 bridgehead atoms. The van der Waals surface area contributed by atoms with Gasteiger partial charge in [-0.1, -0.05) is 33.1 Å². The van der Waals surface area contributed by atoms with Crippen LogP contribution in [0.4, 0.5) is 0 Å². The molecule has 0 aromatic heterocycles. The molecule has 0 fully saturated rings. The van der Waals surface area contributed by atoms with Gasteiger partial charge in [-0.25, -0.2) is 14.4 Å². The number of carbonyl (C=O) groups is 3. The van der Waals surface area contributed by atoms with Crippen LogP contribution in [0.1, 0.15) is 33.6 Å². The summed E-state index contributed by atoms with van der Waals surface area (Å²) in [5.41, 5.74) is 0.609. The number of rotatable bonds is 6. The van der Waals surface area contributed by atoms with Gasteiger partial charge in [-0.15, -0.1) is 0 Å². The molecule has 22 heavy (non-hydrogen) atoms. The molecule has 6 heteroatoms. The smallest absolute Gasteiger partial charge is 0.332 e. The Morgan fingerprint density at radius 1 is 1.14 bits per heavy atom. The van der Waals surface area contributed by atoms with Crippen molar-refractivity contribution < 1.29 is 29.0 Å². The Kier molecular flexibility index (Phi) is 18.7. The Morgan fingerprint density at radius 3 is 1.77 bits per heavy atom. The van der Waals surface area contributed by atoms with Gasteiger partial charge in [0.1, 0.15) is 0 Å². The lowest BCUT2D eigenvalue weighted by Gasteiger charge is -1.97. The summed E-state index contributed by atoms with van der Waals surface area (Å²) in [7, 11) is 1.33. The molecule has 0 aromatic carbocycles. The maximum absolute atomic E-state index is 10.3. The average Bonchev–Trinajstić information content (AvgIpc) is 2.47. The first-order valence-corrected chi connectivity index (χ1v) is 6.55. The molecule has 0 amide bonds. The number of carboxylic acids is 1. The van der Waals surface area contributed by atoms with Crippen molar-refractivity contribution in [2.45, 2.75) is 33.6 Å². The lowest BCUT2D eigenvalue weighted by Crippen LogP contribution is -2.00. The second kappa shape index (κ2) is 16.7. The van der Waals surface area contributed by atoms with E-state index in [9.17, 15) is 14.4 Å². The second-order valence-electron chi connectivity index (χ2n) is 4.08. The summed E-state index contributed by atoms with van der Waals surface area (Å²) in [6, 6.07) is 0. The number of aliphatic carboxylic acids is 1. The van der Waals surface area contributed by atoms with Gasteiger partial charge in [-0.05, 0) is 20.3 Å². The maximum Gasteiger partial charge on any atom is 0.332 e. The Morgan fingerprint density at radius 2 is 1.59 bits per heavy atom. The number of unbranched alkanes of at least 4 members (excludes halogenated alkanes) is 1. The summed E-state index contributed by atoms with van der Waals surface area (Å²) in [6.45, 7) is 15.4. The quantitative estimate of drug-likeness (QED) is 0.460. The van der Waals surface area contributed by atoms with Crippen molar-refractivity contribution in [1.29, 1.82) is 0 Å². The first-order valence-electron chi connectivity index (χ1n) is 6.55. The fourth-order valence-corrected chi connectivity index (χ4v) is 0.550. The van der Waals surface area contributed by atoms with Crippen molar-refractivity contribution in [3.8, 4) is 0 Å². The lowest BCUT2D eigenvalue weighted by atomic mass is 10.4. The third kappa shape index (κ3) is 22.8.